The Morgan fingerprint density at radius 3 is 2.14 bits per heavy atom. The molecule has 29 heavy (non-hydrogen) atoms. The standard InChI is InChI=1S/C26H16BrOP/c27-17-14-15-21-23(16-17)19-10-4-5-11-20(19)25-22-12-6-7-13-24(22)29(28,26(21)25)18-8-2-1-3-9-18/h1-16H. The summed E-state index contributed by atoms with van der Waals surface area (Å²) >= 11 is 3.63. The number of hydrogen-bond acceptors (Lipinski definition) is 1. The van der Waals surface area contributed by atoms with Crippen molar-refractivity contribution in [3.63, 3.8) is 0 Å². The van der Waals surface area contributed by atoms with Crippen LogP contribution in [0.4, 0.5) is 0 Å². The van der Waals surface area contributed by atoms with Gasteiger partial charge in [0.2, 0.25) is 0 Å². The second-order valence-corrected chi connectivity index (χ2v) is 11.0. The largest absolute Gasteiger partial charge is 0.309 e. The quantitative estimate of drug-likeness (QED) is 0.208. The van der Waals surface area contributed by atoms with Gasteiger partial charge in [0.05, 0.1) is 0 Å². The lowest BCUT2D eigenvalue weighted by Crippen LogP contribution is -2.21. The van der Waals surface area contributed by atoms with Gasteiger partial charge in [-0.2, -0.15) is 0 Å². The molecule has 5 aromatic rings. The van der Waals surface area contributed by atoms with Gasteiger partial charge < -0.3 is 4.57 Å². The van der Waals surface area contributed by atoms with Crippen molar-refractivity contribution in [1.29, 1.82) is 0 Å². The Labute approximate surface area is 177 Å². The number of hydrogen-bond donors (Lipinski definition) is 0. The molecule has 6 rings (SSSR count). The Morgan fingerprint density at radius 2 is 1.31 bits per heavy atom. The van der Waals surface area contributed by atoms with Gasteiger partial charge in [-0.05, 0) is 39.2 Å². The summed E-state index contributed by atoms with van der Waals surface area (Å²) in [5, 5.41) is 7.38. The molecule has 0 fully saturated rings. The Balaban J connectivity index is 1.92. The summed E-state index contributed by atoms with van der Waals surface area (Å²) in [5.41, 5.74) is 2.22. The zero-order valence-electron chi connectivity index (χ0n) is 15.5. The molecule has 1 heterocycles. The van der Waals surface area contributed by atoms with Gasteiger partial charge in [0.15, 0.2) is 7.14 Å². The van der Waals surface area contributed by atoms with Crippen LogP contribution in [0.3, 0.4) is 0 Å². The first-order valence-corrected chi connectivity index (χ1v) is 12.1. The second-order valence-electron chi connectivity index (χ2n) is 7.42. The molecule has 0 saturated carbocycles. The van der Waals surface area contributed by atoms with Gasteiger partial charge in [0.1, 0.15) is 0 Å². The van der Waals surface area contributed by atoms with Gasteiger partial charge in [-0.3, -0.25) is 0 Å². The molecular formula is C26H16BrOP. The van der Waals surface area contributed by atoms with Gasteiger partial charge in [0, 0.05) is 25.9 Å². The lowest BCUT2D eigenvalue weighted by atomic mass is 9.93. The Kier molecular flexibility index (Phi) is 3.66. The zero-order valence-corrected chi connectivity index (χ0v) is 18.0. The molecule has 0 aliphatic carbocycles. The Hall–Kier alpha value is -2.67. The summed E-state index contributed by atoms with van der Waals surface area (Å²) in [5.74, 6) is 0. The van der Waals surface area contributed by atoms with Gasteiger partial charge in [-0.25, -0.2) is 0 Å². The van der Waals surface area contributed by atoms with E-state index in [4.69, 9.17) is 0 Å². The van der Waals surface area contributed by atoms with Crippen molar-refractivity contribution in [3.8, 4) is 11.1 Å². The van der Waals surface area contributed by atoms with E-state index in [0.29, 0.717) is 0 Å². The summed E-state index contributed by atoms with van der Waals surface area (Å²) < 4.78 is 16.0. The SMILES string of the molecule is O=P1(c2ccccc2)c2ccccc2-c2c1c1ccc(Br)cc1c1ccccc21. The summed E-state index contributed by atoms with van der Waals surface area (Å²) in [6.07, 6.45) is 0. The van der Waals surface area contributed by atoms with Crippen LogP contribution < -0.4 is 15.9 Å². The third-order valence-corrected chi connectivity index (χ3v) is 9.59. The monoisotopic (exact) mass is 454 g/mol. The van der Waals surface area contributed by atoms with E-state index in [2.05, 4.69) is 64.5 Å². The van der Waals surface area contributed by atoms with E-state index < -0.39 is 7.14 Å². The van der Waals surface area contributed by atoms with Crippen LogP contribution in [0.2, 0.25) is 0 Å². The molecule has 1 atom stereocenters. The minimum atomic E-state index is -2.98. The van der Waals surface area contributed by atoms with Crippen molar-refractivity contribution >= 4 is 60.5 Å². The van der Waals surface area contributed by atoms with Crippen molar-refractivity contribution < 1.29 is 4.57 Å². The second kappa shape index (κ2) is 6.16. The molecular weight excluding hydrogens is 439 g/mol. The summed E-state index contributed by atoms with van der Waals surface area (Å²) in [4.78, 5) is 0. The molecule has 1 aliphatic rings. The van der Waals surface area contributed by atoms with Crippen molar-refractivity contribution in [2.24, 2.45) is 0 Å². The molecule has 138 valence electrons. The molecule has 5 aromatic carbocycles. The molecule has 0 bridgehead atoms. The fourth-order valence-electron chi connectivity index (χ4n) is 4.73. The highest BCUT2D eigenvalue weighted by molar-refractivity contribution is 9.10. The number of rotatable bonds is 1. The predicted octanol–water partition coefficient (Wildman–Crippen LogP) is 6.38. The number of fused-ring (bicyclic) bond motifs is 8. The maximum absolute atomic E-state index is 15.0. The summed E-state index contributed by atoms with van der Waals surface area (Å²) in [7, 11) is -2.98. The molecule has 0 amide bonds. The van der Waals surface area contributed by atoms with Crippen LogP contribution in [0.25, 0.3) is 32.7 Å². The number of halogens is 1. The fourth-order valence-corrected chi connectivity index (χ4v) is 8.37. The molecule has 1 nitrogen and oxygen atoms in total. The van der Waals surface area contributed by atoms with Crippen LogP contribution in [0.15, 0.2) is 102 Å². The first-order valence-electron chi connectivity index (χ1n) is 9.60. The molecule has 0 spiro atoms. The first-order chi connectivity index (χ1) is 14.2. The normalized spacial score (nSPS) is 17.4. The maximum atomic E-state index is 15.0. The third-order valence-electron chi connectivity index (χ3n) is 5.91. The van der Waals surface area contributed by atoms with E-state index in [9.17, 15) is 4.57 Å². The van der Waals surface area contributed by atoms with E-state index >= 15 is 0 Å². The van der Waals surface area contributed by atoms with E-state index in [-0.39, 0.29) is 0 Å². The highest BCUT2D eigenvalue weighted by Crippen LogP contribution is 2.55. The maximum Gasteiger partial charge on any atom is 0.172 e. The van der Waals surface area contributed by atoms with Crippen molar-refractivity contribution in [2.45, 2.75) is 0 Å². The summed E-state index contributed by atoms with van der Waals surface area (Å²) in [6.45, 7) is 0. The fraction of sp³-hybridized carbons (Fsp3) is 0. The molecule has 0 radical (unpaired) electrons. The van der Waals surface area contributed by atoms with Gasteiger partial charge in [-0.15, -0.1) is 0 Å². The molecule has 0 N–H and O–H groups in total. The average molecular weight is 455 g/mol. The smallest absolute Gasteiger partial charge is 0.172 e. The zero-order chi connectivity index (χ0) is 19.6. The topological polar surface area (TPSA) is 17.1 Å². The molecule has 1 aliphatic heterocycles. The lowest BCUT2D eigenvalue weighted by molar-refractivity contribution is 0.593. The average Bonchev–Trinajstić information content (AvgIpc) is 3.05. The van der Waals surface area contributed by atoms with Crippen molar-refractivity contribution in [1.82, 2.24) is 0 Å². The van der Waals surface area contributed by atoms with Gasteiger partial charge in [0.25, 0.3) is 0 Å². The van der Waals surface area contributed by atoms with Crippen LogP contribution in [-0.2, 0) is 4.57 Å². The Morgan fingerprint density at radius 1 is 0.621 bits per heavy atom. The van der Waals surface area contributed by atoms with E-state index in [1.54, 1.807) is 0 Å². The number of benzene rings is 5. The predicted molar refractivity (Wildman–Crippen MR) is 128 cm³/mol. The van der Waals surface area contributed by atoms with Crippen LogP contribution in [0.1, 0.15) is 0 Å². The van der Waals surface area contributed by atoms with Crippen LogP contribution in [-0.4, -0.2) is 0 Å². The lowest BCUT2D eigenvalue weighted by Gasteiger charge is -2.19. The Bertz CT molecular complexity index is 1490. The highest BCUT2D eigenvalue weighted by Gasteiger charge is 2.42. The molecule has 0 aromatic heterocycles. The minimum Gasteiger partial charge on any atom is -0.309 e. The van der Waals surface area contributed by atoms with Crippen molar-refractivity contribution in [2.75, 3.05) is 0 Å². The first kappa shape index (κ1) is 17.2. The third kappa shape index (κ3) is 2.25. The highest BCUT2D eigenvalue weighted by atomic mass is 79.9. The van der Waals surface area contributed by atoms with E-state index in [1.165, 1.54) is 5.39 Å². The molecule has 3 heteroatoms. The molecule has 0 saturated heterocycles. The minimum absolute atomic E-state index is 0.894. The van der Waals surface area contributed by atoms with E-state index in [1.807, 2.05) is 48.5 Å². The van der Waals surface area contributed by atoms with Crippen LogP contribution in [0.5, 0.6) is 0 Å². The van der Waals surface area contributed by atoms with Crippen LogP contribution >= 0.6 is 23.1 Å². The van der Waals surface area contributed by atoms with Gasteiger partial charge >= 0.3 is 0 Å². The van der Waals surface area contributed by atoms with E-state index in [0.717, 1.165) is 47.7 Å². The van der Waals surface area contributed by atoms with Crippen molar-refractivity contribution in [3.05, 3.63) is 102 Å². The van der Waals surface area contributed by atoms with Crippen LogP contribution in [0, 0.1) is 0 Å². The summed E-state index contributed by atoms with van der Waals surface area (Å²) in [6, 6.07) is 33.0. The molecule has 1 unspecified atom stereocenters. The van der Waals surface area contributed by atoms with Gasteiger partial charge in [-0.1, -0.05) is 101 Å².